The third kappa shape index (κ3) is 6.47. The smallest absolute Gasteiger partial charge is 0.251 e. The number of pyridine rings is 1. The lowest BCUT2D eigenvalue weighted by Crippen LogP contribution is -2.34. The van der Waals surface area contributed by atoms with Crippen LogP contribution in [0.3, 0.4) is 0 Å². The van der Waals surface area contributed by atoms with Gasteiger partial charge in [0.1, 0.15) is 5.15 Å². The van der Waals surface area contributed by atoms with Crippen molar-refractivity contribution in [3.05, 3.63) is 28.5 Å². The first-order chi connectivity index (χ1) is 10.1. The Labute approximate surface area is 133 Å². The van der Waals surface area contributed by atoms with E-state index in [9.17, 15) is 4.79 Å². The quantitative estimate of drug-likeness (QED) is 0.667. The van der Waals surface area contributed by atoms with Gasteiger partial charge in [0.25, 0.3) is 5.91 Å². The molecule has 1 N–H and O–H groups in total. The first-order valence-electron chi connectivity index (χ1n) is 8.08. The molecule has 0 aliphatic heterocycles. The fourth-order valence-electron chi connectivity index (χ4n) is 2.42. The molecule has 1 rings (SSSR count). The molecular weight excluding hydrogens is 284 g/mol. The summed E-state index contributed by atoms with van der Waals surface area (Å²) in [6.45, 7) is 6.41. The largest absolute Gasteiger partial charge is 0.349 e. The Kier molecular flexibility index (Phi) is 8.36. The van der Waals surface area contributed by atoms with Crippen molar-refractivity contribution in [3.8, 4) is 0 Å². The first-order valence-corrected chi connectivity index (χ1v) is 8.45. The van der Waals surface area contributed by atoms with Crippen LogP contribution in [-0.4, -0.2) is 16.9 Å². The second-order valence-electron chi connectivity index (χ2n) is 5.52. The summed E-state index contributed by atoms with van der Waals surface area (Å²) in [4.78, 5) is 16.7. The predicted octanol–water partition coefficient (Wildman–Crippen LogP) is 4.78. The average Bonchev–Trinajstić information content (AvgIpc) is 2.44. The normalized spacial score (nSPS) is 12.2. The number of halogens is 1. The second kappa shape index (κ2) is 9.78. The number of carbonyl (C=O) groups is 1. The number of aryl methyl sites for hydroxylation is 1. The van der Waals surface area contributed by atoms with E-state index >= 15 is 0 Å². The maximum Gasteiger partial charge on any atom is 0.251 e. The Hall–Kier alpha value is -1.09. The second-order valence-corrected chi connectivity index (χ2v) is 5.91. The Morgan fingerprint density at radius 1 is 1.19 bits per heavy atom. The fraction of sp³-hybridized carbons (Fsp3) is 0.647. The van der Waals surface area contributed by atoms with E-state index in [4.69, 9.17) is 11.6 Å². The molecule has 0 spiro atoms. The number of hydrogen-bond acceptors (Lipinski definition) is 2. The Morgan fingerprint density at radius 3 is 2.57 bits per heavy atom. The van der Waals surface area contributed by atoms with Gasteiger partial charge >= 0.3 is 0 Å². The summed E-state index contributed by atoms with van der Waals surface area (Å²) < 4.78 is 0. The number of aromatic nitrogens is 1. The van der Waals surface area contributed by atoms with Crippen molar-refractivity contribution in [1.29, 1.82) is 0 Å². The maximum absolute atomic E-state index is 12.4. The summed E-state index contributed by atoms with van der Waals surface area (Å²) in [7, 11) is 0. The highest BCUT2D eigenvalue weighted by Crippen LogP contribution is 2.14. The van der Waals surface area contributed by atoms with Gasteiger partial charge < -0.3 is 5.32 Å². The summed E-state index contributed by atoms with van der Waals surface area (Å²) in [5.41, 5.74) is 1.51. The maximum atomic E-state index is 12.4. The Bertz CT molecular complexity index is 448. The van der Waals surface area contributed by atoms with Crippen molar-refractivity contribution in [2.45, 2.75) is 71.8 Å². The number of carbonyl (C=O) groups excluding carboxylic acids is 1. The number of nitrogens with zero attached hydrogens (tertiary/aromatic N) is 1. The summed E-state index contributed by atoms with van der Waals surface area (Å²) in [6.07, 6.45) is 7.26. The zero-order valence-corrected chi connectivity index (χ0v) is 14.2. The minimum atomic E-state index is -0.0359. The summed E-state index contributed by atoms with van der Waals surface area (Å²) in [6, 6.07) is 3.76. The van der Waals surface area contributed by atoms with E-state index in [1.165, 1.54) is 0 Å². The number of nitrogens with one attached hydrogen (secondary N) is 1. The summed E-state index contributed by atoms with van der Waals surface area (Å²) in [5, 5.41) is 3.54. The molecule has 0 aromatic carbocycles. The van der Waals surface area contributed by atoms with Gasteiger partial charge in [0.2, 0.25) is 0 Å². The van der Waals surface area contributed by atoms with Gasteiger partial charge in [-0.1, -0.05) is 58.1 Å². The lowest BCUT2D eigenvalue weighted by atomic mass is 10.0. The molecule has 4 heteroatoms. The molecule has 1 unspecified atom stereocenters. The Morgan fingerprint density at radius 2 is 1.95 bits per heavy atom. The number of unbranched alkanes of at least 4 members (excludes halogenated alkanes) is 1. The van der Waals surface area contributed by atoms with Gasteiger partial charge in [0.05, 0.1) is 0 Å². The van der Waals surface area contributed by atoms with Crippen molar-refractivity contribution in [3.63, 3.8) is 0 Å². The van der Waals surface area contributed by atoms with Crippen LogP contribution in [0.1, 0.15) is 75.3 Å². The third-order valence-corrected chi connectivity index (χ3v) is 3.69. The van der Waals surface area contributed by atoms with Crippen molar-refractivity contribution >= 4 is 17.5 Å². The van der Waals surface area contributed by atoms with E-state index in [1.807, 2.05) is 6.07 Å². The lowest BCUT2D eigenvalue weighted by Gasteiger charge is -2.18. The van der Waals surface area contributed by atoms with Gasteiger partial charge in [-0.2, -0.15) is 0 Å². The van der Waals surface area contributed by atoms with E-state index in [2.05, 4.69) is 31.1 Å². The molecule has 0 aliphatic rings. The average molecular weight is 311 g/mol. The predicted molar refractivity (Wildman–Crippen MR) is 88.9 cm³/mol. The van der Waals surface area contributed by atoms with Gasteiger partial charge in [0, 0.05) is 17.3 Å². The van der Waals surface area contributed by atoms with Crippen LogP contribution in [0.25, 0.3) is 0 Å². The molecule has 21 heavy (non-hydrogen) atoms. The van der Waals surface area contributed by atoms with Gasteiger partial charge in [-0.05, 0) is 31.4 Å². The number of rotatable bonds is 9. The van der Waals surface area contributed by atoms with Crippen LogP contribution in [0.15, 0.2) is 12.1 Å². The molecular formula is C17H27ClN2O. The van der Waals surface area contributed by atoms with E-state index in [-0.39, 0.29) is 11.9 Å². The summed E-state index contributed by atoms with van der Waals surface area (Å²) in [5.74, 6) is -0.0359. The molecule has 0 saturated carbocycles. The summed E-state index contributed by atoms with van der Waals surface area (Å²) >= 11 is 6.02. The molecule has 0 radical (unpaired) electrons. The molecule has 0 fully saturated rings. The van der Waals surface area contributed by atoms with Crippen LogP contribution in [0.4, 0.5) is 0 Å². The topological polar surface area (TPSA) is 42.0 Å². The van der Waals surface area contributed by atoms with Crippen molar-refractivity contribution in [2.24, 2.45) is 0 Å². The minimum Gasteiger partial charge on any atom is -0.349 e. The van der Waals surface area contributed by atoms with E-state index < -0.39 is 0 Å². The lowest BCUT2D eigenvalue weighted by molar-refractivity contribution is 0.0932. The Balaban J connectivity index is 2.76. The molecule has 1 atom stereocenters. The molecule has 0 bridgehead atoms. The van der Waals surface area contributed by atoms with Gasteiger partial charge in [-0.25, -0.2) is 4.98 Å². The van der Waals surface area contributed by atoms with Crippen LogP contribution in [0.5, 0.6) is 0 Å². The first kappa shape index (κ1) is 18.0. The molecule has 118 valence electrons. The van der Waals surface area contributed by atoms with Gasteiger partial charge in [0.15, 0.2) is 0 Å². The molecule has 0 saturated heterocycles. The highest BCUT2D eigenvalue weighted by Gasteiger charge is 2.14. The molecule has 0 aliphatic carbocycles. The van der Waals surface area contributed by atoms with Crippen molar-refractivity contribution in [2.75, 3.05) is 0 Å². The highest BCUT2D eigenvalue weighted by molar-refractivity contribution is 6.29. The van der Waals surface area contributed by atoms with Crippen LogP contribution >= 0.6 is 11.6 Å². The van der Waals surface area contributed by atoms with Crippen LogP contribution < -0.4 is 5.32 Å². The van der Waals surface area contributed by atoms with E-state index in [0.717, 1.165) is 50.6 Å². The monoisotopic (exact) mass is 310 g/mol. The number of amides is 1. The zero-order chi connectivity index (χ0) is 15.7. The minimum absolute atomic E-state index is 0.0359. The van der Waals surface area contributed by atoms with E-state index in [1.54, 1.807) is 6.07 Å². The molecule has 1 aromatic heterocycles. The van der Waals surface area contributed by atoms with Crippen molar-refractivity contribution in [1.82, 2.24) is 10.3 Å². The molecule has 3 nitrogen and oxygen atoms in total. The molecule has 1 aromatic rings. The van der Waals surface area contributed by atoms with Crippen molar-refractivity contribution < 1.29 is 4.79 Å². The van der Waals surface area contributed by atoms with Crippen LogP contribution in [0.2, 0.25) is 5.15 Å². The van der Waals surface area contributed by atoms with Crippen LogP contribution in [0, 0.1) is 0 Å². The third-order valence-electron chi connectivity index (χ3n) is 3.49. The molecule has 1 amide bonds. The van der Waals surface area contributed by atoms with E-state index in [0.29, 0.717) is 10.7 Å². The van der Waals surface area contributed by atoms with Crippen LogP contribution in [-0.2, 0) is 6.42 Å². The fourth-order valence-corrected chi connectivity index (χ4v) is 2.65. The zero-order valence-electron chi connectivity index (χ0n) is 13.4. The number of hydrogen-bond donors (Lipinski definition) is 1. The SMILES string of the molecule is CCCCC(CCC)NC(=O)c1cc(Cl)nc(CCC)c1. The van der Waals surface area contributed by atoms with Gasteiger partial charge in [-0.15, -0.1) is 0 Å². The van der Waals surface area contributed by atoms with Gasteiger partial charge in [-0.3, -0.25) is 4.79 Å². The highest BCUT2D eigenvalue weighted by atomic mass is 35.5. The standard InChI is InChI=1S/C17H27ClN2O/c1-4-7-10-14(8-5-2)20-17(21)13-11-15(9-6-3)19-16(18)12-13/h11-12,14H,4-10H2,1-3H3,(H,20,21). The molecule has 1 heterocycles.